The van der Waals surface area contributed by atoms with Crippen molar-refractivity contribution in [3.05, 3.63) is 0 Å². The average molecular weight is 221 g/mol. The maximum atomic E-state index is 11.4. The predicted octanol–water partition coefficient (Wildman–Crippen LogP) is 1.43. The number of hydrogen-bond donors (Lipinski definition) is 1. The first-order chi connectivity index (χ1) is 6.43. The molecule has 14 heavy (non-hydrogen) atoms. The third-order valence-electron chi connectivity index (χ3n) is 2.56. The SMILES string of the molecule is CCCS(=O)(=O)CCC(CN)C(C)C. The van der Waals surface area contributed by atoms with E-state index in [1.54, 1.807) is 0 Å². The molecular formula is C10H23NO2S. The largest absolute Gasteiger partial charge is 0.330 e. The second-order valence-electron chi connectivity index (χ2n) is 4.18. The highest BCUT2D eigenvalue weighted by Crippen LogP contribution is 2.14. The Morgan fingerprint density at radius 3 is 2.14 bits per heavy atom. The van der Waals surface area contributed by atoms with Gasteiger partial charge in [0.05, 0.1) is 5.75 Å². The quantitative estimate of drug-likeness (QED) is 0.707. The lowest BCUT2D eigenvalue weighted by atomic mass is 9.94. The lowest BCUT2D eigenvalue weighted by Gasteiger charge is -2.18. The van der Waals surface area contributed by atoms with Crippen LogP contribution in [0, 0.1) is 11.8 Å². The number of rotatable bonds is 7. The molecule has 0 amide bonds. The van der Waals surface area contributed by atoms with E-state index in [4.69, 9.17) is 5.73 Å². The molecule has 0 fully saturated rings. The molecule has 2 N–H and O–H groups in total. The predicted molar refractivity (Wildman–Crippen MR) is 60.9 cm³/mol. The van der Waals surface area contributed by atoms with E-state index in [0.717, 1.165) is 0 Å². The van der Waals surface area contributed by atoms with Gasteiger partial charge in [-0.25, -0.2) is 8.42 Å². The van der Waals surface area contributed by atoms with Crippen molar-refractivity contribution in [1.82, 2.24) is 0 Å². The first-order valence-electron chi connectivity index (χ1n) is 5.33. The monoisotopic (exact) mass is 221 g/mol. The van der Waals surface area contributed by atoms with Gasteiger partial charge in [-0.05, 0) is 31.2 Å². The van der Waals surface area contributed by atoms with E-state index >= 15 is 0 Å². The maximum Gasteiger partial charge on any atom is 0.150 e. The van der Waals surface area contributed by atoms with Crippen LogP contribution in [0.25, 0.3) is 0 Å². The van der Waals surface area contributed by atoms with E-state index in [1.165, 1.54) is 0 Å². The van der Waals surface area contributed by atoms with Crippen LogP contribution >= 0.6 is 0 Å². The molecule has 0 aliphatic rings. The summed E-state index contributed by atoms with van der Waals surface area (Å²) >= 11 is 0. The molecule has 0 aromatic rings. The van der Waals surface area contributed by atoms with Crippen molar-refractivity contribution < 1.29 is 8.42 Å². The van der Waals surface area contributed by atoms with Gasteiger partial charge < -0.3 is 5.73 Å². The molecule has 0 radical (unpaired) electrons. The third-order valence-corrected chi connectivity index (χ3v) is 4.45. The first-order valence-corrected chi connectivity index (χ1v) is 7.15. The molecule has 0 rings (SSSR count). The summed E-state index contributed by atoms with van der Waals surface area (Å²) in [7, 11) is -2.83. The fourth-order valence-electron chi connectivity index (χ4n) is 1.47. The average Bonchev–Trinajstić information content (AvgIpc) is 2.04. The Balaban J connectivity index is 4.03. The fraction of sp³-hybridized carbons (Fsp3) is 1.00. The molecule has 0 aromatic heterocycles. The van der Waals surface area contributed by atoms with Crippen LogP contribution in [0.1, 0.15) is 33.6 Å². The van der Waals surface area contributed by atoms with Crippen LogP contribution < -0.4 is 5.73 Å². The van der Waals surface area contributed by atoms with Crippen LogP contribution in [0.15, 0.2) is 0 Å². The number of nitrogens with two attached hydrogens (primary N) is 1. The van der Waals surface area contributed by atoms with Gasteiger partial charge in [-0.1, -0.05) is 20.8 Å². The summed E-state index contributed by atoms with van der Waals surface area (Å²) in [5.41, 5.74) is 5.58. The van der Waals surface area contributed by atoms with Crippen molar-refractivity contribution in [2.45, 2.75) is 33.6 Å². The lowest BCUT2D eigenvalue weighted by molar-refractivity contribution is 0.383. The summed E-state index contributed by atoms with van der Waals surface area (Å²) in [6, 6.07) is 0. The van der Waals surface area contributed by atoms with E-state index in [1.807, 2.05) is 6.92 Å². The molecule has 0 bridgehead atoms. The molecular weight excluding hydrogens is 198 g/mol. The molecule has 0 spiro atoms. The number of hydrogen-bond acceptors (Lipinski definition) is 3. The van der Waals surface area contributed by atoms with Gasteiger partial charge in [-0.2, -0.15) is 0 Å². The Bertz CT molecular complexity index is 235. The first kappa shape index (κ1) is 13.9. The highest BCUT2D eigenvalue weighted by atomic mass is 32.2. The standard InChI is InChI=1S/C10H23NO2S/c1-4-6-14(12,13)7-5-10(8-11)9(2)3/h9-10H,4-8,11H2,1-3H3. The third kappa shape index (κ3) is 5.60. The molecule has 0 aromatic carbocycles. The Labute approximate surface area is 88.0 Å². The molecule has 0 saturated heterocycles. The molecule has 0 saturated carbocycles. The summed E-state index contributed by atoms with van der Waals surface area (Å²) in [5.74, 6) is 1.40. The second-order valence-corrected chi connectivity index (χ2v) is 6.48. The summed E-state index contributed by atoms with van der Waals surface area (Å²) in [6.45, 7) is 6.65. The van der Waals surface area contributed by atoms with E-state index < -0.39 is 9.84 Å². The molecule has 4 heteroatoms. The zero-order valence-corrected chi connectivity index (χ0v) is 10.3. The van der Waals surface area contributed by atoms with Gasteiger partial charge in [0.1, 0.15) is 9.84 Å². The molecule has 1 unspecified atom stereocenters. The van der Waals surface area contributed by atoms with Gasteiger partial charge in [-0.15, -0.1) is 0 Å². The molecule has 0 aliphatic carbocycles. The van der Waals surface area contributed by atoms with Crippen LogP contribution in [-0.2, 0) is 9.84 Å². The molecule has 1 atom stereocenters. The highest BCUT2D eigenvalue weighted by molar-refractivity contribution is 7.91. The summed E-state index contributed by atoms with van der Waals surface area (Å²) < 4.78 is 22.9. The van der Waals surface area contributed by atoms with Crippen molar-refractivity contribution >= 4 is 9.84 Å². The fourth-order valence-corrected chi connectivity index (χ4v) is 2.96. The topological polar surface area (TPSA) is 60.2 Å². The summed E-state index contributed by atoms with van der Waals surface area (Å²) in [6.07, 6.45) is 1.41. The van der Waals surface area contributed by atoms with Crippen LogP contribution in [0.5, 0.6) is 0 Å². The molecule has 86 valence electrons. The van der Waals surface area contributed by atoms with Crippen molar-refractivity contribution in [2.75, 3.05) is 18.1 Å². The van der Waals surface area contributed by atoms with E-state index in [9.17, 15) is 8.42 Å². The Morgan fingerprint density at radius 2 is 1.79 bits per heavy atom. The van der Waals surface area contributed by atoms with E-state index in [0.29, 0.717) is 42.7 Å². The van der Waals surface area contributed by atoms with Crippen LogP contribution in [-0.4, -0.2) is 26.5 Å². The zero-order chi connectivity index (χ0) is 11.2. The van der Waals surface area contributed by atoms with Crippen molar-refractivity contribution in [3.8, 4) is 0 Å². The highest BCUT2D eigenvalue weighted by Gasteiger charge is 2.16. The minimum Gasteiger partial charge on any atom is -0.330 e. The lowest BCUT2D eigenvalue weighted by Crippen LogP contribution is -2.23. The van der Waals surface area contributed by atoms with Crippen molar-refractivity contribution in [3.63, 3.8) is 0 Å². The minimum absolute atomic E-state index is 0.293. The van der Waals surface area contributed by atoms with E-state index in [-0.39, 0.29) is 0 Å². The molecule has 3 nitrogen and oxygen atoms in total. The van der Waals surface area contributed by atoms with E-state index in [2.05, 4.69) is 13.8 Å². The Morgan fingerprint density at radius 1 is 1.21 bits per heavy atom. The van der Waals surface area contributed by atoms with Gasteiger partial charge in [0.15, 0.2) is 0 Å². The van der Waals surface area contributed by atoms with Crippen molar-refractivity contribution in [2.24, 2.45) is 17.6 Å². The van der Waals surface area contributed by atoms with Crippen LogP contribution in [0.4, 0.5) is 0 Å². The van der Waals surface area contributed by atoms with Gasteiger partial charge in [0.25, 0.3) is 0 Å². The Kier molecular flexibility index (Phi) is 6.36. The maximum absolute atomic E-state index is 11.4. The Hall–Kier alpha value is -0.0900. The zero-order valence-electron chi connectivity index (χ0n) is 9.49. The van der Waals surface area contributed by atoms with Gasteiger partial charge in [0.2, 0.25) is 0 Å². The van der Waals surface area contributed by atoms with Gasteiger partial charge in [0, 0.05) is 5.75 Å². The molecule has 0 aliphatic heterocycles. The van der Waals surface area contributed by atoms with Crippen LogP contribution in [0.3, 0.4) is 0 Å². The minimum atomic E-state index is -2.83. The molecule has 0 heterocycles. The van der Waals surface area contributed by atoms with Crippen LogP contribution in [0.2, 0.25) is 0 Å². The number of sulfone groups is 1. The normalized spacial score (nSPS) is 14.6. The second kappa shape index (κ2) is 6.40. The summed E-state index contributed by atoms with van der Waals surface area (Å²) in [5, 5.41) is 0. The van der Waals surface area contributed by atoms with Crippen molar-refractivity contribution in [1.29, 1.82) is 0 Å². The summed E-state index contributed by atoms with van der Waals surface area (Å²) in [4.78, 5) is 0. The van der Waals surface area contributed by atoms with Gasteiger partial charge >= 0.3 is 0 Å². The van der Waals surface area contributed by atoms with Gasteiger partial charge in [-0.3, -0.25) is 0 Å². The smallest absolute Gasteiger partial charge is 0.150 e.